The molecule has 0 aliphatic carbocycles. The summed E-state index contributed by atoms with van der Waals surface area (Å²) < 4.78 is 23.7. The molecule has 0 rings (SSSR count). The smallest absolute Gasteiger partial charge is 0.387 e. The second-order valence-electron chi connectivity index (χ2n) is 21.3. The third-order valence-electron chi connectivity index (χ3n) is 13.2. The number of aliphatic hydroxyl groups excluding tert-OH is 1. The topological polar surface area (TPSA) is 105 Å². The number of carbonyl (C=O) groups excluding carboxylic acids is 1. The van der Waals surface area contributed by atoms with Gasteiger partial charge in [-0.2, -0.15) is 0 Å². The highest BCUT2D eigenvalue weighted by atomic mass is 31.2. The van der Waals surface area contributed by atoms with Crippen LogP contribution in [-0.4, -0.2) is 73.4 Å². The van der Waals surface area contributed by atoms with E-state index in [2.05, 4.69) is 55.6 Å². The van der Waals surface area contributed by atoms with Crippen molar-refractivity contribution in [3.63, 3.8) is 0 Å². The van der Waals surface area contributed by atoms with Crippen molar-refractivity contribution in [3.05, 3.63) is 48.6 Å². The molecule has 3 unspecified atom stereocenters. The molecule has 0 heterocycles. The maximum absolute atomic E-state index is 13.0. The van der Waals surface area contributed by atoms with Crippen molar-refractivity contribution in [2.75, 3.05) is 40.9 Å². The van der Waals surface area contributed by atoms with Gasteiger partial charge in [-0.15, -0.1) is 0 Å². The van der Waals surface area contributed by atoms with Gasteiger partial charge in [-0.05, 0) is 70.6 Å². The van der Waals surface area contributed by atoms with Crippen LogP contribution in [-0.2, 0) is 18.4 Å². The molecule has 1 amide bonds. The number of nitrogens with zero attached hydrogens (tertiary/aromatic N) is 1. The molecule has 3 atom stereocenters. The van der Waals surface area contributed by atoms with Gasteiger partial charge in [-0.1, -0.05) is 249 Å². The van der Waals surface area contributed by atoms with Crippen molar-refractivity contribution in [2.45, 2.75) is 289 Å². The Labute approximate surface area is 429 Å². The van der Waals surface area contributed by atoms with E-state index >= 15 is 0 Å². The zero-order valence-electron chi connectivity index (χ0n) is 46.3. The van der Waals surface area contributed by atoms with Gasteiger partial charge in [0, 0.05) is 6.42 Å². The minimum Gasteiger partial charge on any atom is -0.387 e. The van der Waals surface area contributed by atoms with E-state index < -0.39 is 20.0 Å². The lowest BCUT2D eigenvalue weighted by Crippen LogP contribution is -2.45. The number of quaternary nitrogens is 1. The van der Waals surface area contributed by atoms with Gasteiger partial charge in [-0.3, -0.25) is 13.8 Å². The number of hydrogen-bond donors (Lipinski definition) is 3. The Morgan fingerprint density at radius 2 is 0.797 bits per heavy atom. The van der Waals surface area contributed by atoms with Gasteiger partial charge < -0.3 is 19.8 Å². The van der Waals surface area contributed by atoms with Gasteiger partial charge in [0.2, 0.25) is 5.91 Å². The molecular formula is C60H116N2O6P+. The summed E-state index contributed by atoms with van der Waals surface area (Å²) in [7, 11) is 1.55. The Morgan fingerprint density at radius 1 is 0.478 bits per heavy atom. The van der Waals surface area contributed by atoms with Gasteiger partial charge in [0.25, 0.3) is 0 Å². The zero-order valence-corrected chi connectivity index (χ0v) is 47.2. The number of nitrogens with one attached hydrogen (secondary N) is 1. The highest BCUT2D eigenvalue weighted by Gasteiger charge is 2.27. The fourth-order valence-corrected chi connectivity index (χ4v) is 9.34. The quantitative estimate of drug-likeness (QED) is 0.0243. The molecule has 0 spiro atoms. The van der Waals surface area contributed by atoms with Crippen LogP contribution in [0.15, 0.2) is 48.6 Å². The predicted octanol–water partition coefficient (Wildman–Crippen LogP) is 17.9. The first-order valence-electron chi connectivity index (χ1n) is 29.5. The molecule has 9 heteroatoms. The first kappa shape index (κ1) is 67.5. The molecule has 0 saturated carbocycles. The standard InChI is InChI=1S/C60H115N2O6P/c1-6-8-10-12-14-16-18-20-22-24-26-28-30-32-33-35-37-39-41-43-45-47-49-51-53-59(63)58(57-68-69(65,66)67-56-55-62(3,4)5)61-60(64)54-52-50-48-46-44-42-40-38-36-34-31-29-27-25-23-21-19-17-15-13-11-9-7-2/h25,27,35,37,43,45,51,53,58-59,63H,6-24,26,28-34,36,38-42,44,46-50,52,54-57H2,1-5H3,(H-,61,64,65,66)/p+1/b27-25-,37-35+,45-43+,53-51+. The predicted molar refractivity (Wildman–Crippen MR) is 300 cm³/mol. The Bertz CT molecular complexity index is 1260. The lowest BCUT2D eigenvalue weighted by Gasteiger charge is -2.25. The number of rotatable bonds is 54. The van der Waals surface area contributed by atoms with Crippen LogP contribution < -0.4 is 5.32 Å². The van der Waals surface area contributed by atoms with Crippen molar-refractivity contribution in [2.24, 2.45) is 0 Å². The molecule has 3 N–H and O–H groups in total. The largest absolute Gasteiger partial charge is 0.472 e. The number of allylic oxidation sites excluding steroid dienone is 7. The molecular weight excluding hydrogens is 876 g/mol. The third-order valence-corrected chi connectivity index (χ3v) is 14.2. The second-order valence-corrected chi connectivity index (χ2v) is 22.8. The van der Waals surface area contributed by atoms with Gasteiger partial charge in [-0.25, -0.2) is 4.57 Å². The summed E-state index contributed by atoms with van der Waals surface area (Å²) in [5.74, 6) is -0.190. The summed E-state index contributed by atoms with van der Waals surface area (Å²) >= 11 is 0. The number of carbonyl (C=O) groups is 1. The summed E-state index contributed by atoms with van der Waals surface area (Å²) in [6.45, 7) is 4.82. The Hall–Kier alpha value is -1.54. The molecule has 0 fully saturated rings. The normalized spacial score (nSPS) is 14.2. The number of likely N-dealkylation sites (N-methyl/N-ethyl adjacent to an activating group) is 1. The first-order chi connectivity index (χ1) is 33.5. The molecule has 406 valence electrons. The average Bonchev–Trinajstić information content (AvgIpc) is 3.31. The second kappa shape index (κ2) is 51.4. The van der Waals surface area contributed by atoms with Crippen LogP contribution in [0.5, 0.6) is 0 Å². The summed E-state index contributed by atoms with van der Waals surface area (Å²) in [6, 6.07) is -0.871. The maximum Gasteiger partial charge on any atom is 0.472 e. The highest BCUT2D eigenvalue weighted by molar-refractivity contribution is 7.47. The van der Waals surface area contributed by atoms with E-state index in [4.69, 9.17) is 9.05 Å². The Balaban J connectivity index is 4.27. The van der Waals surface area contributed by atoms with Crippen LogP contribution in [0.1, 0.15) is 277 Å². The number of phosphoric ester groups is 1. The molecule has 0 aromatic heterocycles. The van der Waals surface area contributed by atoms with Crippen LogP contribution >= 0.6 is 7.82 Å². The summed E-state index contributed by atoms with van der Waals surface area (Å²) in [5, 5.41) is 13.9. The molecule has 69 heavy (non-hydrogen) atoms. The van der Waals surface area contributed by atoms with Gasteiger partial charge in [0.15, 0.2) is 0 Å². The lowest BCUT2D eigenvalue weighted by atomic mass is 10.0. The summed E-state index contributed by atoms with van der Waals surface area (Å²) in [6.07, 6.45) is 67.9. The third kappa shape index (κ3) is 54.1. The van der Waals surface area contributed by atoms with E-state index in [1.54, 1.807) is 6.08 Å². The average molecular weight is 993 g/mol. The zero-order chi connectivity index (χ0) is 50.6. The first-order valence-corrected chi connectivity index (χ1v) is 31.0. The van der Waals surface area contributed by atoms with Crippen LogP contribution in [0.3, 0.4) is 0 Å². The monoisotopic (exact) mass is 992 g/mol. The number of amides is 1. The van der Waals surface area contributed by atoms with Crippen LogP contribution in [0.25, 0.3) is 0 Å². The van der Waals surface area contributed by atoms with E-state index in [0.29, 0.717) is 17.4 Å². The fourth-order valence-electron chi connectivity index (χ4n) is 8.60. The van der Waals surface area contributed by atoms with Crippen molar-refractivity contribution >= 4 is 13.7 Å². The van der Waals surface area contributed by atoms with Crippen LogP contribution in [0, 0.1) is 0 Å². The van der Waals surface area contributed by atoms with E-state index in [1.165, 1.54) is 212 Å². The number of unbranched alkanes of at least 4 members (excludes halogenated alkanes) is 35. The molecule has 8 nitrogen and oxygen atoms in total. The van der Waals surface area contributed by atoms with Gasteiger partial charge in [0.1, 0.15) is 13.2 Å². The molecule has 0 aromatic carbocycles. The van der Waals surface area contributed by atoms with Crippen molar-refractivity contribution in [3.8, 4) is 0 Å². The Morgan fingerprint density at radius 3 is 1.16 bits per heavy atom. The molecule has 0 radical (unpaired) electrons. The van der Waals surface area contributed by atoms with Crippen molar-refractivity contribution < 1.29 is 32.9 Å². The maximum atomic E-state index is 13.0. The fraction of sp³-hybridized carbons (Fsp3) is 0.850. The molecule has 0 aliphatic rings. The lowest BCUT2D eigenvalue weighted by molar-refractivity contribution is -0.870. The van der Waals surface area contributed by atoms with Gasteiger partial charge in [0.05, 0.1) is 39.9 Å². The Kier molecular flexibility index (Phi) is 50.2. The minimum absolute atomic E-state index is 0.0532. The van der Waals surface area contributed by atoms with Crippen LogP contribution in [0.2, 0.25) is 0 Å². The van der Waals surface area contributed by atoms with E-state index in [-0.39, 0.29) is 19.1 Å². The number of hydrogen-bond acceptors (Lipinski definition) is 5. The van der Waals surface area contributed by atoms with Crippen LogP contribution in [0.4, 0.5) is 0 Å². The van der Waals surface area contributed by atoms with E-state index in [1.807, 2.05) is 27.2 Å². The molecule has 0 bridgehead atoms. The van der Waals surface area contributed by atoms with Crippen molar-refractivity contribution in [1.29, 1.82) is 0 Å². The summed E-state index contributed by atoms with van der Waals surface area (Å²) in [5.41, 5.74) is 0. The van der Waals surface area contributed by atoms with Crippen molar-refractivity contribution in [1.82, 2.24) is 5.32 Å². The SMILES string of the molecule is CCCCCCCCCC/C=C\CCCCCCCCCCCCCC(=O)NC(COP(=O)(O)OCC[N+](C)(C)C)C(O)/C=C/CC/C=C/CC/C=C/CCCCCCCCCCCCCCCC. The van der Waals surface area contributed by atoms with E-state index in [9.17, 15) is 19.4 Å². The number of phosphoric acid groups is 1. The number of aliphatic hydroxyl groups is 1. The molecule has 0 saturated heterocycles. The molecule has 0 aromatic rings. The molecule has 0 aliphatic heterocycles. The van der Waals surface area contributed by atoms with E-state index in [0.717, 1.165) is 44.9 Å². The summed E-state index contributed by atoms with van der Waals surface area (Å²) in [4.78, 5) is 23.3. The minimum atomic E-state index is -4.36. The highest BCUT2D eigenvalue weighted by Crippen LogP contribution is 2.43. The van der Waals surface area contributed by atoms with Gasteiger partial charge >= 0.3 is 7.82 Å².